The highest BCUT2D eigenvalue weighted by Crippen LogP contribution is 2.31. The summed E-state index contributed by atoms with van der Waals surface area (Å²) in [7, 11) is 3.07. The Morgan fingerprint density at radius 2 is 1.59 bits per heavy atom. The number of carbonyl (C=O) groups excluding carboxylic acids is 2. The Labute approximate surface area is 224 Å². The second kappa shape index (κ2) is 11.9. The van der Waals surface area contributed by atoms with Crippen LogP contribution in [0.1, 0.15) is 20.8 Å². The number of anilines is 2. The van der Waals surface area contributed by atoms with E-state index < -0.39 is 0 Å². The molecule has 4 aromatic rings. The largest absolute Gasteiger partial charge is 0.493 e. The number of amides is 2. The van der Waals surface area contributed by atoms with Gasteiger partial charge in [-0.1, -0.05) is 29.8 Å². The Kier molecular flexibility index (Phi) is 8.47. The molecule has 2 amide bonds. The van der Waals surface area contributed by atoms with Gasteiger partial charge in [0.2, 0.25) is 5.91 Å². The first-order valence-electron chi connectivity index (χ1n) is 11.5. The van der Waals surface area contributed by atoms with E-state index in [0.717, 1.165) is 21.0 Å². The van der Waals surface area contributed by atoms with Gasteiger partial charge >= 0.3 is 0 Å². The first-order chi connectivity index (χ1) is 17.9. The molecular formula is C28H27N3O4S2. The molecule has 0 radical (unpaired) electrons. The average Bonchev–Trinajstić information content (AvgIpc) is 3.27. The van der Waals surface area contributed by atoms with Gasteiger partial charge in [0, 0.05) is 26.6 Å². The molecule has 0 bridgehead atoms. The quantitative estimate of drug-likeness (QED) is 0.241. The van der Waals surface area contributed by atoms with Gasteiger partial charge in [0.1, 0.15) is 0 Å². The maximum Gasteiger partial charge on any atom is 0.255 e. The number of hydrogen-bond donors (Lipinski definition) is 2. The van der Waals surface area contributed by atoms with E-state index in [2.05, 4.69) is 27.8 Å². The molecule has 0 unspecified atom stereocenters. The van der Waals surface area contributed by atoms with Crippen molar-refractivity contribution in [3.8, 4) is 22.8 Å². The Morgan fingerprint density at radius 1 is 0.892 bits per heavy atom. The van der Waals surface area contributed by atoms with E-state index in [9.17, 15) is 9.59 Å². The lowest BCUT2D eigenvalue weighted by atomic mass is 10.1. The third-order valence-corrected chi connectivity index (χ3v) is 7.39. The minimum absolute atomic E-state index is 0.125. The van der Waals surface area contributed by atoms with Crippen molar-refractivity contribution in [2.75, 3.05) is 30.6 Å². The second-order valence-electron chi connectivity index (χ2n) is 8.17. The van der Waals surface area contributed by atoms with Gasteiger partial charge in [0.05, 0.1) is 25.7 Å². The highest BCUT2D eigenvalue weighted by atomic mass is 32.2. The van der Waals surface area contributed by atoms with E-state index in [1.807, 2.05) is 38.1 Å². The van der Waals surface area contributed by atoms with Crippen molar-refractivity contribution in [1.29, 1.82) is 0 Å². The molecule has 9 heteroatoms. The molecule has 0 saturated heterocycles. The smallest absolute Gasteiger partial charge is 0.255 e. The minimum atomic E-state index is -0.260. The highest BCUT2D eigenvalue weighted by Gasteiger charge is 2.13. The van der Waals surface area contributed by atoms with Gasteiger partial charge in [0.15, 0.2) is 16.6 Å². The number of methoxy groups -OCH3 is 2. The fraction of sp³-hybridized carbons (Fsp3) is 0.179. The van der Waals surface area contributed by atoms with E-state index in [4.69, 9.17) is 9.47 Å². The first kappa shape index (κ1) is 26.2. The molecule has 190 valence electrons. The van der Waals surface area contributed by atoms with Crippen LogP contribution in [0.3, 0.4) is 0 Å². The molecule has 2 N–H and O–H groups in total. The molecule has 0 saturated carbocycles. The van der Waals surface area contributed by atoms with Crippen LogP contribution in [0.25, 0.3) is 11.3 Å². The van der Waals surface area contributed by atoms with E-state index >= 15 is 0 Å². The molecule has 0 aliphatic rings. The predicted molar refractivity (Wildman–Crippen MR) is 150 cm³/mol. The third-order valence-electron chi connectivity index (χ3n) is 5.50. The van der Waals surface area contributed by atoms with Crippen molar-refractivity contribution in [3.63, 3.8) is 0 Å². The van der Waals surface area contributed by atoms with Gasteiger partial charge in [-0.25, -0.2) is 4.98 Å². The molecule has 1 aromatic heterocycles. The number of aryl methyl sites for hydroxylation is 2. The molecule has 37 heavy (non-hydrogen) atoms. The van der Waals surface area contributed by atoms with Crippen LogP contribution in [-0.4, -0.2) is 36.8 Å². The number of hydrogen-bond acceptors (Lipinski definition) is 7. The lowest BCUT2D eigenvalue weighted by molar-refractivity contribution is -0.113. The van der Waals surface area contributed by atoms with E-state index in [-0.39, 0.29) is 17.6 Å². The lowest BCUT2D eigenvalue weighted by Gasteiger charge is -2.10. The highest BCUT2D eigenvalue weighted by molar-refractivity contribution is 8.00. The summed E-state index contributed by atoms with van der Waals surface area (Å²) >= 11 is 2.88. The Morgan fingerprint density at radius 3 is 2.27 bits per heavy atom. The number of rotatable bonds is 9. The zero-order valence-corrected chi connectivity index (χ0v) is 22.6. The standard InChI is InChI=1S/C28H27N3O4S2/c1-17-5-7-19(8-6-17)26-18(2)37-28(31-26)30-25(32)16-36-22-12-10-21(11-13-22)29-27(33)20-9-14-23(34-3)24(15-20)35-4/h5-15H,16H2,1-4H3,(H,29,33)(H,30,31,32). The van der Waals surface area contributed by atoms with Gasteiger partial charge in [-0.15, -0.1) is 23.1 Å². The topological polar surface area (TPSA) is 89.5 Å². The van der Waals surface area contributed by atoms with Crippen LogP contribution in [-0.2, 0) is 4.79 Å². The number of nitrogens with zero attached hydrogens (tertiary/aromatic N) is 1. The maximum absolute atomic E-state index is 12.6. The number of aromatic nitrogens is 1. The lowest BCUT2D eigenvalue weighted by Crippen LogP contribution is -2.13. The molecule has 0 aliphatic heterocycles. The summed E-state index contributed by atoms with van der Waals surface area (Å²) in [5.41, 5.74) is 4.22. The summed E-state index contributed by atoms with van der Waals surface area (Å²) in [6, 6.07) is 20.5. The maximum atomic E-state index is 12.6. The number of thiazole rings is 1. The van der Waals surface area contributed by atoms with Gasteiger partial charge in [0.25, 0.3) is 5.91 Å². The SMILES string of the molecule is COc1ccc(C(=O)Nc2ccc(SCC(=O)Nc3nc(-c4ccc(C)cc4)c(C)s3)cc2)cc1OC. The summed E-state index contributed by atoms with van der Waals surface area (Å²) in [4.78, 5) is 31.7. The molecule has 0 fully saturated rings. The van der Waals surface area contributed by atoms with Crippen molar-refractivity contribution in [2.45, 2.75) is 18.7 Å². The first-order valence-corrected chi connectivity index (χ1v) is 13.3. The molecule has 0 aliphatic carbocycles. The van der Waals surface area contributed by atoms with E-state index in [0.29, 0.717) is 27.9 Å². The van der Waals surface area contributed by atoms with Gasteiger partial charge < -0.3 is 20.1 Å². The zero-order valence-electron chi connectivity index (χ0n) is 21.0. The van der Waals surface area contributed by atoms with Crippen LogP contribution in [0.2, 0.25) is 0 Å². The molecule has 7 nitrogen and oxygen atoms in total. The number of carbonyl (C=O) groups is 2. The van der Waals surface area contributed by atoms with E-state index in [1.165, 1.54) is 35.8 Å². The van der Waals surface area contributed by atoms with Crippen LogP contribution in [0, 0.1) is 13.8 Å². The predicted octanol–water partition coefficient (Wildman–Crippen LogP) is 6.43. The number of benzene rings is 3. The molecule has 3 aromatic carbocycles. The Balaban J connectivity index is 1.30. The molecule has 4 rings (SSSR count). The minimum Gasteiger partial charge on any atom is -0.493 e. The summed E-state index contributed by atoms with van der Waals surface area (Å²) < 4.78 is 10.5. The third kappa shape index (κ3) is 6.69. The van der Waals surface area contributed by atoms with Gasteiger partial charge in [-0.05, 0) is 56.3 Å². The summed E-state index contributed by atoms with van der Waals surface area (Å²) in [6.45, 7) is 4.05. The summed E-state index contributed by atoms with van der Waals surface area (Å²) in [5, 5.41) is 6.35. The fourth-order valence-corrected chi connectivity index (χ4v) is 5.10. The number of ether oxygens (including phenoxy) is 2. The van der Waals surface area contributed by atoms with Crippen molar-refractivity contribution < 1.29 is 19.1 Å². The molecule has 0 atom stereocenters. The van der Waals surface area contributed by atoms with Crippen molar-refractivity contribution in [1.82, 2.24) is 4.98 Å². The fourth-order valence-electron chi connectivity index (χ4n) is 3.55. The molecule has 1 heterocycles. The normalized spacial score (nSPS) is 10.6. The van der Waals surface area contributed by atoms with Crippen molar-refractivity contribution in [3.05, 3.63) is 82.7 Å². The number of nitrogens with one attached hydrogen (secondary N) is 2. The average molecular weight is 534 g/mol. The molecule has 0 spiro atoms. The Bertz CT molecular complexity index is 1400. The van der Waals surface area contributed by atoms with Gasteiger partial charge in [-0.2, -0.15) is 0 Å². The van der Waals surface area contributed by atoms with Crippen LogP contribution in [0.4, 0.5) is 10.8 Å². The number of thioether (sulfide) groups is 1. The van der Waals surface area contributed by atoms with Crippen molar-refractivity contribution in [2.24, 2.45) is 0 Å². The second-order valence-corrected chi connectivity index (χ2v) is 10.4. The van der Waals surface area contributed by atoms with Crippen LogP contribution >= 0.6 is 23.1 Å². The Hall–Kier alpha value is -3.82. The van der Waals surface area contributed by atoms with Gasteiger partial charge in [-0.3, -0.25) is 9.59 Å². The van der Waals surface area contributed by atoms with Crippen LogP contribution < -0.4 is 20.1 Å². The zero-order chi connectivity index (χ0) is 26.4. The summed E-state index contributed by atoms with van der Waals surface area (Å²) in [6.07, 6.45) is 0. The summed E-state index contributed by atoms with van der Waals surface area (Å²) in [5.74, 6) is 0.903. The monoisotopic (exact) mass is 533 g/mol. The van der Waals surface area contributed by atoms with E-state index in [1.54, 1.807) is 37.4 Å². The molecular weight excluding hydrogens is 506 g/mol. The van der Waals surface area contributed by atoms with Crippen molar-refractivity contribution >= 4 is 45.7 Å². The van der Waals surface area contributed by atoms with Crippen LogP contribution in [0.5, 0.6) is 11.5 Å². The van der Waals surface area contributed by atoms with Crippen LogP contribution in [0.15, 0.2) is 71.6 Å².